The first kappa shape index (κ1) is 22.3. The molecule has 1 atom stereocenters. The molecule has 0 radical (unpaired) electrons. The van der Waals surface area contributed by atoms with Crippen LogP contribution in [0.4, 0.5) is 0 Å². The van der Waals surface area contributed by atoms with Crippen LogP contribution in [0.5, 0.6) is 0 Å². The maximum absolute atomic E-state index is 12.9. The summed E-state index contributed by atoms with van der Waals surface area (Å²) in [6.45, 7) is 6.22. The van der Waals surface area contributed by atoms with Crippen molar-refractivity contribution < 1.29 is 19.4 Å². The number of aliphatic hydroxyl groups excluding tert-OH is 1. The highest BCUT2D eigenvalue weighted by atomic mass is 35.5. The number of rotatable bonds is 6. The van der Waals surface area contributed by atoms with E-state index in [1.165, 1.54) is 17.0 Å². The summed E-state index contributed by atoms with van der Waals surface area (Å²) in [4.78, 5) is 27.2. The van der Waals surface area contributed by atoms with E-state index in [1.807, 2.05) is 45.0 Å². The topological polar surface area (TPSA) is 66.8 Å². The largest absolute Gasteiger partial charge is 0.507 e. The Hall–Kier alpha value is -2.34. The number of ketones is 1. The van der Waals surface area contributed by atoms with Gasteiger partial charge in [0.25, 0.3) is 11.7 Å². The number of likely N-dealkylation sites (tertiary alicyclic amines) is 1. The molecule has 3 rings (SSSR count). The average molecular weight is 448 g/mol. The Balaban J connectivity index is 2.12. The van der Waals surface area contributed by atoms with Gasteiger partial charge in [-0.25, -0.2) is 0 Å². The molecule has 1 fully saturated rings. The summed E-state index contributed by atoms with van der Waals surface area (Å²) in [6.07, 6.45) is -0.00421. The predicted molar refractivity (Wildman–Crippen MR) is 118 cm³/mol. The van der Waals surface area contributed by atoms with Crippen molar-refractivity contribution in [1.82, 2.24) is 4.90 Å². The zero-order chi connectivity index (χ0) is 22.0. The molecule has 1 N–H and O–H groups in total. The number of amides is 1. The SMILES string of the molecule is Cc1cccc(C2/C(=C(/O)c3ccc(Cl)c(Cl)c3)C(=O)C(=O)N2CCOC(C)C)c1. The first-order chi connectivity index (χ1) is 14.2. The molecule has 2 aromatic rings. The van der Waals surface area contributed by atoms with Crippen LogP contribution in [0.1, 0.15) is 36.6 Å². The normalized spacial score (nSPS) is 18.5. The Labute approximate surface area is 185 Å². The zero-order valence-corrected chi connectivity index (χ0v) is 18.5. The molecule has 5 nitrogen and oxygen atoms in total. The van der Waals surface area contributed by atoms with Crippen molar-refractivity contribution in [3.05, 3.63) is 74.8 Å². The molecule has 1 aliphatic heterocycles. The van der Waals surface area contributed by atoms with Gasteiger partial charge in [0.1, 0.15) is 5.76 Å². The van der Waals surface area contributed by atoms with Crippen LogP contribution in [0.3, 0.4) is 0 Å². The third kappa shape index (κ3) is 4.53. The lowest BCUT2D eigenvalue weighted by atomic mass is 9.94. The van der Waals surface area contributed by atoms with Crippen molar-refractivity contribution in [3.8, 4) is 0 Å². The lowest BCUT2D eigenvalue weighted by molar-refractivity contribution is -0.140. The Kier molecular flexibility index (Phi) is 6.86. The number of Topliss-reactive ketones (excluding diaryl/α,β-unsaturated/α-hetero) is 1. The van der Waals surface area contributed by atoms with Gasteiger partial charge >= 0.3 is 0 Å². The standard InChI is InChI=1S/C23H23Cl2NO4/c1-13(2)30-10-9-26-20(15-6-4-5-14(3)11-15)19(22(28)23(26)29)21(27)16-7-8-17(24)18(25)12-16/h4-8,11-13,20,27H,9-10H2,1-3H3/b21-19-. The number of carbonyl (C=O) groups excluding carboxylic acids is 2. The molecular weight excluding hydrogens is 425 g/mol. The fourth-order valence-electron chi connectivity index (χ4n) is 3.48. The minimum Gasteiger partial charge on any atom is -0.507 e. The Morgan fingerprint density at radius 3 is 2.50 bits per heavy atom. The predicted octanol–water partition coefficient (Wildman–Crippen LogP) is 5.15. The van der Waals surface area contributed by atoms with Crippen LogP contribution in [-0.4, -0.2) is 41.0 Å². The van der Waals surface area contributed by atoms with Gasteiger partial charge in [-0.2, -0.15) is 0 Å². The Morgan fingerprint density at radius 1 is 1.13 bits per heavy atom. The third-order valence-corrected chi connectivity index (χ3v) is 5.61. The van der Waals surface area contributed by atoms with Crippen LogP contribution in [0.15, 0.2) is 48.0 Å². The van der Waals surface area contributed by atoms with Crippen molar-refractivity contribution in [2.45, 2.75) is 32.9 Å². The van der Waals surface area contributed by atoms with E-state index >= 15 is 0 Å². The van der Waals surface area contributed by atoms with Gasteiger partial charge in [-0.1, -0.05) is 53.0 Å². The van der Waals surface area contributed by atoms with E-state index in [4.69, 9.17) is 27.9 Å². The number of carbonyl (C=O) groups is 2. The van der Waals surface area contributed by atoms with Crippen LogP contribution in [0.25, 0.3) is 5.76 Å². The van der Waals surface area contributed by atoms with Crippen molar-refractivity contribution in [3.63, 3.8) is 0 Å². The van der Waals surface area contributed by atoms with Gasteiger partial charge in [0.05, 0.1) is 34.4 Å². The quantitative estimate of drug-likeness (QED) is 0.377. The zero-order valence-electron chi connectivity index (χ0n) is 17.0. The lowest BCUT2D eigenvalue weighted by Crippen LogP contribution is -2.33. The van der Waals surface area contributed by atoms with Crippen LogP contribution < -0.4 is 0 Å². The summed E-state index contributed by atoms with van der Waals surface area (Å²) in [7, 11) is 0. The molecule has 0 aliphatic carbocycles. The molecule has 2 aromatic carbocycles. The van der Waals surface area contributed by atoms with Crippen LogP contribution in [-0.2, 0) is 14.3 Å². The summed E-state index contributed by atoms with van der Waals surface area (Å²) in [6, 6.07) is 11.4. The van der Waals surface area contributed by atoms with Gasteiger partial charge in [-0.3, -0.25) is 9.59 Å². The number of nitrogens with zero attached hydrogens (tertiary/aromatic N) is 1. The Bertz CT molecular complexity index is 1020. The first-order valence-corrected chi connectivity index (χ1v) is 10.4. The summed E-state index contributed by atoms with van der Waals surface area (Å²) in [5.41, 5.74) is 2.05. The number of aliphatic hydroxyl groups is 1. The first-order valence-electron chi connectivity index (χ1n) is 9.62. The molecule has 1 heterocycles. The maximum Gasteiger partial charge on any atom is 0.295 e. The van der Waals surface area contributed by atoms with Crippen molar-refractivity contribution in [2.24, 2.45) is 0 Å². The molecule has 1 saturated heterocycles. The van der Waals surface area contributed by atoms with Gasteiger partial charge in [0.2, 0.25) is 0 Å². The second-order valence-corrected chi connectivity index (χ2v) is 8.27. The van der Waals surface area contributed by atoms with Crippen LogP contribution >= 0.6 is 23.2 Å². The summed E-state index contributed by atoms with van der Waals surface area (Å²) in [5.74, 6) is -1.70. The third-order valence-electron chi connectivity index (χ3n) is 4.87. The number of halogens is 2. The van der Waals surface area contributed by atoms with Gasteiger partial charge in [0, 0.05) is 12.1 Å². The summed E-state index contributed by atoms with van der Waals surface area (Å²) >= 11 is 12.1. The van der Waals surface area contributed by atoms with Gasteiger partial charge in [-0.15, -0.1) is 0 Å². The fraction of sp³-hybridized carbons (Fsp3) is 0.304. The smallest absolute Gasteiger partial charge is 0.295 e. The molecule has 0 saturated carbocycles. The number of benzene rings is 2. The van der Waals surface area contributed by atoms with E-state index in [1.54, 1.807) is 6.07 Å². The fourth-order valence-corrected chi connectivity index (χ4v) is 3.78. The molecule has 0 spiro atoms. The second kappa shape index (κ2) is 9.21. The number of aryl methyl sites for hydroxylation is 1. The molecule has 1 amide bonds. The molecule has 0 bridgehead atoms. The molecule has 158 valence electrons. The molecule has 0 aromatic heterocycles. The van der Waals surface area contributed by atoms with E-state index in [0.29, 0.717) is 10.6 Å². The molecule has 1 aliphatic rings. The molecule has 1 unspecified atom stereocenters. The average Bonchev–Trinajstić information content (AvgIpc) is 2.94. The summed E-state index contributed by atoms with van der Waals surface area (Å²) < 4.78 is 5.59. The van der Waals surface area contributed by atoms with E-state index in [0.717, 1.165) is 11.1 Å². The molecular formula is C23H23Cl2NO4. The minimum absolute atomic E-state index is 0.00421. The minimum atomic E-state index is -0.741. The highest BCUT2D eigenvalue weighted by molar-refractivity contribution is 6.46. The molecule has 30 heavy (non-hydrogen) atoms. The number of hydrogen-bond donors (Lipinski definition) is 1. The van der Waals surface area contributed by atoms with Crippen molar-refractivity contribution >= 4 is 40.7 Å². The Morgan fingerprint density at radius 2 is 1.87 bits per heavy atom. The second-order valence-electron chi connectivity index (χ2n) is 7.46. The van der Waals surface area contributed by atoms with Crippen LogP contribution in [0.2, 0.25) is 10.0 Å². The molecule has 7 heteroatoms. The van der Waals surface area contributed by atoms with Crippen LogP contribution in [0, 0.1) is 6.92 Å². The van der Waals surface area contributed by atoms with Gasteiger partial charge < -0.3 is 14.7 Å². The van der Waals surface area contributed by atoms with E-state index in [9.17, 15) is 14.7 Å². The summed E-state index contributed by atoms with van der Waals surface area (Å²) in [5, 5.41) is 11.6. The van der Waals surface area contributed by atoms with E-state index < -0.39 is 17.7 Å². The number of ether oxygens (including phenoxy) is 1. The monoisotopic (exact) mass is 447 g/mol. The van der Waals surface area contributed by atoms with Crippen molar-refractivity contribution in [2.75, 3.05) is 13.2 Å². The maximum atomic E-state index is 12.9. The number of hydrogen-bond acceptors (Lipinski definition) is 4. The van der Waals surface area contributed by atoms with Gasteiger partial charge in [0.15, 0.2) is 0 Å². The van der Waals surface area contributed by atoms with E-state index in [-0.39, 0.29) is 35.6 Å². The highest BCUT2D eigenvalue weighted by Gasteiger charge is 2.45. The van der Waals surface area contributed by atoms with Gasteiger partial charge in [-0.05, 0) is 44.5 Å². The van der Waals surface area contributed by atoms with Crippen molar-refractivity contribution in [1.29, 1.82) is 0 Å². The lowest BCUT2D eigenvalue weighted by Gasteiger charge is -2.26. The van der Waals surface area contributed by atoms with E-state index in [2.05, 4.69) is 0 Å². The highest BCUT2D eigenvalue weighted by Crippen LogP contribution is 2.40.